The average Bonchev–Trinajstić information content (AvgIpc) is 2.92. The smallest absolute Gasteiger partial charge is 0.237 e. The second-order valence-electron chi connectivity index (χ2n) is 6.37. The van der Waals surface area contributed by atoms with E-state index in [2.05, 4.69) is 21.0 Å². The fourth-order valence-corrected chi connectivity index (χ4v) is 4.41. The lowest BCUT2D eigenvalue weighted by Crippen LogP contribution is -2.55. The highest BCUT2D eigenvalue weighted by Crippen LogP contribution is 2.32. The van der Waals surface area contributed by atoms with E-state index in [0.717, 1.165) is 29.5 Å². The first-order valence-corrected chi connectivity index (χ1v) is 9.05. The number of aryl methyl sites for hydroxylation is 1. The molecule has 1 aromatic heterocycles. The maximum Gasteiger partial charge on any atom is 0.237 e. The number of nitrogens with zero attached hydrogens (tertiary/aromatic N) is 1. The molecule has 1 aliphatic carbocycles. The number of fused-ring (bicyclic) bond motifs is 1. The first-order chi connectivity index (χ1) is 10.2. The lowest BCUT2D eigenvalue weighted by Gasteiger charge is -2.39. The van der Waals surface area contributed by atoms with E-state index in [0.29, 0.717) is 12.6 Å². The molecule has 2 aliphatic rings. The van der Waals surface area contributed by atoms with Crippen LogP contribution in [0.15, 0.2) is 5.38 Å². The van der Waals surface area contributed by atoms with Gasteiger partial charge in [-0.25, -0.2) is 4.98 Å². The zero-order valence-electron chi connectivity index (χ0n) is 12.7. The molecule has 2 fully saturated rings. The van der Waals surface area contributed by atoms with Crippen molar-refractivity contribution in [3.8, 4) is 0 Å². The van der Waals surface area contributed by atoms with Crippen LogP contribution in [0.3, 0.4) is 0 Å². The minimum atomic E-state index is 0.0161. The molecule has 3 rings (SSSR count). The molecule has 2 N–H and O–H groups in total. The van der Waals surface area contributed by atoms with Gasteiger partial charge in [0.15, 0.2) is 0 Å². The molecule has 0 aromatic carbocycles. The van der Waals surface area contributed by atoms with E-state index in [-0.39, 0.29) is 11.9 Å². The number of carbonyl (C=O) groups excluding carboxylic acids is 1. The summed E-state index contributed by atoms with van der Waals surface area (Å²) < 4.78 is 0. The van der Waals surface area contributed by atoms with Gasteiger partial charge in [0.05, 0.1) is 11.0 Å². The Balaban J connectivity index is 1.43. The van der Waals surface area contributed by atoms with Gasteiger partial charge in [0.25, 0.3) is 0 Å². The van der Waals surface area contributed by atoms with Crippen LogP contribution in [-0.4, -0.2) is 29.5 Å². The Bertz CT molecular complexity index is 488. The maximum absolute atomic E-state index is 12.3. The lowest BCUT2D eigenvalue weighted by molar-refractivity contribution is -0.124. The van der Waals surface area contributed by atoms with Crippen molar-refractivity contribution < 1.29 is 4.79 Å². The number of hydrogen-bond donors (Lipinski definition) is 2. The van der Waals surface area contributed by atoms with Crippen molar-refractivity contribution in [1.29, 1.82) is 0 Å². The Kier molecular flexibility index (Phi) is 4.91. The van der Waals surface area contributed by atoms with E-state index in [4.69, 9.17) is 0 Å². The molecule has 1 saturated carbocycles. The molecule has 0 spiro atoms. The highest BCUT2D eigenvalue weighted by atomic mass is 32.1. The number of carbonyl (C=O) groups is 1. The van der Waals surface area contributed by atoms with Crippen molar-refractivity contribution in [2.45, 2.75) is 64.0 Å². The fourth-order valence-electron chi connectivity index (χ4n) is 3.64. The monoisotopic (exact) mass is 307 g/mol. The van der Waals surface area contributed by atoms with Crippen LogP contribution in [0.5, 0.6) is 0 Å². The van der Waals surface area contributed by atoms with Gasteiger partial charge in [-0.05, 0) is 38.5 Å². The van der Waals surface area contributed by atoms with E-state index < -0.39 is 0 Å². The molecule has 21 heavy (non-hydrogen) atoms. The first kappa shape index (κ1) is 15.0. The van der Waals surface area contributed by atoms with Crippen LogP contribution >= 0.6 is 11.3 Å². The third-order valence-corrected chi connectivity index (χ3v) is 5.80. The summed E-state index contributed by atoms with van der Waals surface area (Å²) in [6.45, 7) is 2.70. The summed E-state index contributed by atoms with van der Waals surface area (Å²) in [5.41, 5.74) is 1.07. The molecule has 1 aromatic rings. The van der Waals surface area contributed by atoms with E-state index >= 15 is 0 Å². The number of aromatic nitrogens is 1. The summed E-state index contributed by atoms with van der Waals surface area (Å²) in [5, 5.41) is 9.82. The van der Waals surface area contributed by atoms with Crippen molar-refractivity contribution in [2.24, 2.45) is 5.92 Å². The van der Waals surface area contributed by atoms with Gasteiger partial charge in [-0.15, -0.1) is 11.3 Å². The van der Waals surface area contributed by atoms with Crippen LogP contribution in [0, 0.1) is 12.8 Å². The molecule has 3 atom stereocenters. The van der Waals surface area contributed by atoms with Gasteiger partial charge in [-0.3, -0.25) is 4.79 Å². The van der Waals surface area contributed by atoms with Crippen molar-refractivity contribution in [2.75, 3.05) is 6.54 Å². The molecular weight excluding hydrogens is 282 g/mol. The van der Waals surface area contributed by atoms with Gasteiger partial charge >= 0.3 is 0 Å². The Labute approximate surface area is 130 Å². The molecule has 1 saturated heterocycles. The quantitative estimate of drug-likeness (QED) is 0.898. The number of piperidine rings is 1. The van der Waals surface area contributed by atoms with Crippen LogP contribution in [0.1, 0.15) is 49.2 Å². The zero-order chi connectivity index (χ0) is 14.7. The topological polar surface area (TPSA) is 54.0 Å². The van der Waals surface area contributed by atoms with Crippen molar-refractivity contribution in [3.05, 3.63) is 16.1 Å². The van der Waals surface area contributed by atoms with Gasteiger partial charge in [0.2, 0.25) is 5.91 Å². The Hall–Kier alpha value is -0.940. The summed E-state index contributed by atoms with van der Waals surface area (Å²) in [6.07, 6.45) is 8.30. The van der Waals surface area contributed by atoms with E-state index in [1.165, 1.54) is 32.1 Å². The number of rotatable bonds is 4. The minimum Gasteiger partial charge on any atom is -0.354 e. The summed E-state index contributed by atoms with van der Waals surface area (Å²) >= 11 is 1.67. The maximum atomic E-state index is 12.3. The summed E-state index contributed by atoms with van der Waals surface area (Å²) in [5.74, 6) is 0.980. The first-order valence-electron chi connectivity index (χ1n) is 8.17. The molecule has 0 bridgehead atoms. The van der Waals surface area contributed by atoms with Crippen LogP contribution in [0.2, 0.25) is 0 Å². The van der Waals surface area contributed by atoms with Crippen LogP contribution < -0.4 is 10.6 Å². The third kappa shape index (κ3) is 3.83. The van der Waals surface area contributed by atoms with Crippen molar-refractivity contribution in [3.63, 3.8) is 0 Å². The number of thiazole rings is 1. The largest absolute Gasteiger partial charge is 0.354 e. The van der Waals surface area contributed by atoms with E-state index in [1.807, 2.05) is 6.92 Å². The minimum absolute atomic E-state index is 0.0161. The molecule has 1 amide bonds. The van der Waals surface area contributed by atoms with E-state index in [9.17, 15) is 4.79 Å². The van der Waals surface area contributed by atoms with Crippen molar-refractivity contribution >= 4 is 17.2 Å². The van der Waals surface area contributed by atoms with Gasteiger partial charge in [0, 0.05) is 30.1 Å². The van der Waals surface area contributed by atoms with Crippen LogP contribution in [0.4, 0.5) is 0 Å². The highest BCUT2D eigenvalue weighted by Gasteiger charge is 2.34. The molecule has 0 radical (unpaired) electrons. The highest BCUT2D eigenvalue weighted by molar-refractivity contribution is 7.09. The van der Waals surface area contributed by atoms with Gasteiger partial charge in [0.1, 0.15) is 0 Å². The number of nitrogens with one attached hydrogen (secondary N) is 2. The normalized spacial score (nSPS) is 28.9. The summed E-state index contributed by atoms with van der Waals surface area (Å²) in [4.78, 5) is 16.7. The molecule has 4 nitrogen and oxygen atoms in total. The number of hydrogen-bond acceptors (Lipinski definition) is 4. The van der Waals surface area contributed by atoms with Crippen LogP contribution in [-0.2, 0) is 11.2 Å². The Morgan fingerprint density at radius 2 is 2.24 bits per heavy atom. The molecule has 1 aliphatic heterocycles. The second kappa shape index (κ2) is 6.88. The summed E-state index contributed by atoms with van der Waals surface area (Å²) in [7, 11) is 0. The second-order valence-corrected chi connectivity index (χ2v) is 7.31. The van der Waals surface area contributed by atoms with Crippen LogP contribution in [0.25, 0.3) is 0 Å². The Morgan fingerprint density at radius 1 is 1.38 bits per heavy atom. The SMILES string of the molecule is Cc1csc(CCNC(=O)C2CCC3CCCCC3N2)n1. The summed E-state index contributed by atoms with van der Waals surface area (Å²) in [6, 6.07) is 0.590. The molecular formula is C16H25N3OS. The van der Waals surface area contributed by atoms with Gasteiger partial charge in [-0.1, -0.05) is 12.8 Å². The molecule has 5 heteroatoms. The predicted molar refractivity (Wildman–Crippen MR) is 85.5 cm³/mol. The number of amides is 1. The third-order valence-electron chi connectivity index (χ3n) is 4.77. The van der Waals surface area contributed by atoms with Gasteiger partial charge in [-0.2, -0.15) is 0 Å². The lowest BCUT2D eigenvalue weighted by atomic mass is 9.77. The molecule has 3 unspecified atom stereocenters. The van der Waals surface area contributed by atoms with Gasteiger partial charge < -0.3 is 10.6 Å². The molecule has 2 heterocycles. The predicted octanol–water partition coefficient (Wildman–Crippen LogP) is 2.42. The fraction of sp³-hybridized carbons (Fsp3) is 0.750. The zero-order valence-corrected chi connectivity index (χ0v) is 13.5. The van der Waals surface area contributed by atoms with E-state index in [1.54, 1.807) is 11.3 Å². The molecule has 116 valence electrons. The Morgan fingerprint density at radius 3 is 3.05 bits per heavy atom. The standard InChI is InChI=1S/C16H25N3OS/c1-11-10-21-15(18-11)8-9-17-16(20)14-7-6-12-4-2-3-5-13(12)19-14/h10,12-14,19H,2-9H2,1H3,(H,17,20). The average molecular weight is 307 g/mol. The van der Waals surface area contributed by atoms with Crippen molar-refractivity contribution in [1.82, 2.24) is 15.6 Å².